The van der Waals surface area contributed by atoms with Crippen LogP contribution in [-0.4, -0.2) is 30.8 Å². The number of nitrogens with zero attached hydrogens (tertiary/aromatic N) is 1. The summed E-state index contributed by atoms with van der Waals surface area (Å²) in [6, 6.07) is 7.38. The number of rotatable bonds is 3. The zero-order valence-corrected chi connectivity index (χ0v) is 12.1. The predicted octanol–water partition coefficient (Wildman–Crippen LogP) is 2.91. The molecule has 0 aromatic heterocycles. The van der Waals surface area contributed by atoms with Gasteiger partial charge in [-0.1, -0.05) is 28.1 Å². The van der Waals surface area contributed by atoms with Crippen molar-refractivity contribution in [3.05, 3.63) is 34.3 Å². The lowest BCUT2D eigenvalue weighted by Crippen LogP contribution is -2.29. The smallest absolute Gasteiger partial charge is 0.252 e. The molecule has 1 aromatic carbocycles. The number of hydrogen-bond donors (Lipinski definition) is 0. The molecule has 0 heterocycles. The van der Waals surface area contributed by atoms with Gasteiger partial charge in [0.1, 0.15) is 5.67 Å². The summed E-state index contributed by atoms with van der Waals surface area (Å²) in [5, 5.41) is 1.08. The first-order chi connectivity index (χ1) is 8.39. The first kappa shape index (κ1) is 13.5. The second-order valence-corrected chi connectivity index (χ2v) is 5.59. The average Bonchev–Trinajstić information content (AvgIpc) is 2.91. The van der Waals surface area contributed by atoms with Gasteiger partial charge < -0.3 is 0 Å². The van der Waals surface area contributed by atoms with E-state index in [9.17, 15) is 9.18 Å². The number of halogens is 2. The zero-order chi connectivity index (χ0) is 13.5. The predicted molar refractivity (Wildman–Crippen MR) is 69.7 cm³/mol. The fourth-order valence-corrected chi connectivity index (χ4v) is 2.61. The Morgan fingerprint density at radius 1 is 1.44 bits per heavy atom. The van der Waals surface area contributed by atoms with E-state index in [0.717, 1.165) is 15.1 Å². The van der Waals surface area contributed by atoms with Crippen LogP contribution in [0.2, 0.25) is 0 Å². The molecule has 0 saturated heterocycles. The summed E-state index contributed by atoms with van der Waals surface area (Å²) in [5.74, 6) is -1.38. The number of benzene rings is 1. The molecule has 0 N–H and O–H groups in total. The molecule has 2 rings (SSSR count). The quantitative estimate of drug-likeness (QED) is 0.803. The van der Waals surface area contributed by atoms with Crippen molar-refractivity contribution in [2.24, 2.45) is 5.92 Å². The fraction of sp³-hybridized carbons (Fsp3) is 0.462. The Morgan fingerprint density at radius 3 is 2.50 bits per heavy atom. The second-order valence-electron chi connectivity index (χ2n) is 4.68. The Balaban J connectivity index is 2.21. The summed E-state index contributed by atoms with van der Waals surface area (Å²) >= 11 is 3.33. The van der Waals surface area contributed by atoms with Crippen LogP contribution in [0.4, 0.5) is 4.39 Å². The van der Waals surface area contributed by atoms with Gasteiger partial charge in [-0.25, -0.2) is 9.45 Å². The Labute approximate surface area is 114 Å². The standard InChI is InChI=1S/C13H15BrFNO2/c1-13(15)10(8-4-6-9(14)7-5-8)11(13)12(17)16(2)18-3/h4-7,10-11H,1-3H3/t10-,11+,13+/m1/s1. The third-order valence-electron chi connectivity index (χ3n) is 3.52. The van der Waals surface area contributed by atoms with Crippen molar-refractivity contribution in [3.63, 3.8) is 0 Å². The van der Waals surface area contributed by atoms with Crippen LogP contribution in [0.5, 0.6) is 0 Å². The highest BCUT2D eigenvalue weighted by Crippen LogP contribution is 2.60. The minimum Gasteiger partial charge on any atom is -0.275 e. The number of amides is 1. The van der Waals surface area contributed by atoms with Crippen molar-refractivity contribution in [2.75, 3.05) is 14.2 Å². The maximum atomic E-state index is 14.3. The number of alkyl halides is 1. The van der Waals surface area contributed by atoms with Gasteiger partial charge in [-0.15, -0.1) is 0 Å². The maximum Gasteiger partial charge on any atom is 0.252 e. The molecular weight excluding hydrogens is 301 g/mol. The molecule has 0 radical (unpaired) electrons. The minimum atomic E-state index is -1.50. The minimum absolute atomic E-state index is 0.324. The number of hydroxylamine groups is 2. The van der Waals surface area contributed by atoms with E-state index in [0.29, 0.717) is 0 Å². The molecule has 0 spiro atoms. The molecule has 1 aliphatic rings. The number of hydrogen-bond acceptors (Lipinski definition) is 2. The van der Waals surface area contributed by atoms with Crippen LogP contribution < -0.4 is 0 Å². The summed E-state index contributed by atoms with van der Waals surface area (Å²) in [5.41, 5.74) is -0.663. The van der Waals surface area contributed by atoms with Gasteiger partial charge in [0.05, 0.1) is 13.0 Å². The van der Waals surface area contributed by atoms with Gasteiger partial charge in [-0.2, -0.15) is 0 Å². The van der Waals surface area contributed by atoms with Crippen LogP contribution in [0.15, 0.2) is 28.7 Å². The molecule has 0 bridgehead atoms. The molecule has 98 valence electrons. The van der Waals surface area contributed by atoms with Crippen LogP contribution >= 0.6 is 15.9 Å². The normalized spacial score (nSPS) is 30.1. The van der Waals surface area contributed by atoms with E-state index in [4.69, 9.17) is 4.84 Å². The maximum absolute atomic E-state index is 14.3. The topological polar surface area (TPSA) is 29.5 Å². The van der Waals surface area contributed by atoms with Crippen LogP contribution in [0, 0.1) is 5.92 Å². The SMILES string of the molecule is CON(C)C(=O)[C@@H]1[C@@H](c2ccc(Br)cc2)[C@]1(C)F. The summed E-state index contributed by atoms with van der Waals surface area (Å²) in [4.78, 5) is 16.8. The Bertz CT molecular complexity index is 461. The number of carbonyl (C=O) groups excluding carboxylic acids is 1. The highest BCUT2D eigenvalue weighted by Gasteiger charge is 2.67. The molecule has 1 saturated carbocycles. The van der Waals surface area contributed by atoms with E-state index >= 15 is 0 Å². The van der Waals surface area contributed by atoms with Gasteiger partial charge >= 0.3 is 0 Å². The lowest BCUT2D eigenvalue weighted by Gasteiger charge is -2.13. The van der Waals surface area contributed by atoms with Gasteiger partial charge in [0, 0.05) is 17.4 Å². The molecule has 0 aliphatic heterocycles. The Hall–Kier alpha value is -0.940. The van der Waals surface area contributed by atoms with Crippen molar-refractivity contribution >= 4 is 21.8 Å². The molecule has 0 unspecified atom stereocenters. The summed E-state index contributed by atoms with van der Waals surface area (Å²) in [6.07, 6.45) is 0. The van der Waals surface area contributed by atoms with E-state index in [2.05, 4.69) is 15.9 Å². The summed E-state index contributed by atoms with van der Waals surface area (Å²) in [6.45, 7) is 1.46. The van der Waals surface area contributed by atoms with Crippen LogP contribution in [0.3, 0.4) is 0 Å². The van der Waals surface area contributed by atoms with Crippen LogP contribution in [0.25, 0.3) is 0 Å². The zero-order valence-electron chi connectivity index (χ0n) is 10.5. The largest absolute Gasteiger partial charge is 0.275 e. The molecular formula is C13H15BrFNO2. The van der Waals surface area contributed by atoms with Crippen molar-refractivity contribution in [2.45, 2.75) is 18.5 Å². The van der Waals surface area contributed by atoms with Crippen LogP contribution in [0.1, 0.15) is 18.4 Å². The van der Waals surface area contributed by atoms with Crippen molar-refractivity contribution < 1.29 is 14.0 Å². The summed E-state index contributed by atoms with van der Waals surface area (Å²) in [7, 11) is 2.89. The highest BCUT2D eigenvalue weighted by molar-refractivity contribution is 9.10. The third kappa shape index (κ3) is 2.17. The van der Waals surface area contributed by atoms with E-state index in [1.54, 1.807) is 0 Å². The molecule has 1 fully saturated rings. The van der Waals surface area contributed by atoms with Gasteiger partial charge in [-0.05, 0) is 24.6 Å². The monoisotopic (exact) mass is 315 g/mol. The van der Waals surface area contributed by atoms with Gasteiger partial charge in [0.2, 0.25) is 0 Å². The van der Waals surface area contributed by atoms with Crippen molar-refractivity contribution in [1.82, 2.24) is 5.06 Å². The average molecular weight is 316 g/mol. The molecule has 18 heavy (non-hydrogen) atoms. The Kier molecular flexibility index (Phi) is 3.47. The third-order valence-corrected chi connectivity index (χ3v) is 4.05. The van der Waals surface area contributed by atoms with Crippen molar-refractivity contribution in [3.8, 4) is 0 Å². The van der Waals surface area contributed by atoms with E-state index in [1.165, 1.54) is 21.1 Å². The van der Waals surface area contributed by atoms with E-state index in [1.807, 2.05) is 24.3 Å². The lowest BCUT2D eigenvalue weighted by molar-refractivity contribution is -0.171. The van der Waals surface area contributed by atoms with E-state index < -0.39 is 17.5 Å². The van der Waals surface area contributed by atoms with Gasteiger partial charge in [-0.3, -0.25) is 9.63 Å². The van der Waals surface area contributed by atoms with Crippen molar-refractivity contribution in [1.29, 1.82) is 0 Å². The lowest BCUT2D eigenvalue weighted by atomic mass is 10.1. The molecule has 3 atom stereocenters. The fourth-order valence-electron chi connectivity index (χ4n) is 2.34. The molecule has 1 amide bonds. The Morgan fingerprint density at radius 2 is 2.00 bits per heavy atom. The first-order valence-corrected chi connectivity index (χ1v) is 6.45. The van der Waals surface area contributed by atoms with Crippen LogP contribution in [-0.2, 0) is 9.63 Å². The highest BCUT2D eigenvalue weighted by atomic mass is 79.9. The molecule has 3 nitrogen and oxygen atoms in total. The summed E-state index contributed by atoms with van der Waals surface area (Å²) < 4.78 is 15.3. The first-order valence-electron chi connectivity index (χ1n) is 5.65. The van der Waals surface area contributed by atoms with Gasteiger partial charge in [0.15, 0.2) is 0 Å². The van der Waals surface area contributed by atoms with Gasteiger partial charge in [0.25, 0.3) is 5.91 Å². The molecule has 5 heteroatoms. The number of carbonyl (C=O) groups is 1. The molecule has 1 aromatic rings. The van der Waals surface area contributed by atoms with E-state index in [-0.39, 0.29) is 5.91 Å². The molecule has 1 aliphatic carbocycles. The second kappa shape index (κ2) is 4.63.